The van der Waals surface area contributed by atoms with Gasteiger partial charge in [-0.15, -0.1) is 0 Å². The van der Waals surface area contributed by atoms with E-state index >= 15 is 0 Å². The number of para-hydroxylation sites is 1. The van der Waals surface area contributed by atoms with Crippen molar-refractivity contribution in [2.24, 2.45) is 16.7 Å². The van der Waals surface area contributed by atoms with Crippen LogP contribution in [0.15, 0.2) is 24.3 Å². The van der Waals surface area contributed by atoms with Crippen LogP contribution in [0.1, 0.15) is 65.1 Å². The Kier molecular flexibility index (Phi) is 4.23. The van der Waals surface area contributed by atoms with E-state index in [2.05, 4.69) is 50.0 Å². The van der Waals surface area contributed by atoms with Crippen LogP contribution in [-0.2, 0) is 26.0 Å². The van der Waals surface area contributed by atoms with Gasteiger partial charge in [-0.2, -0.15) is 0 Å². The van der Waals surface area contributed by atoms with Crippen LogP contribution in [0.3, 0.4) is 0 Å². The van der Waals surface area contributed by atoms with Crippen LogP contribution >= 0.6 is 0 Å². The summed E-state index contributed by atoms with van der Waals surface area (Å²) in [6, 6.07) is 8.68. The topological polar surface area (TPSA) is 87.2 Å². The average molecular weight is 482 g/mol. The standard InChI is InChI=1S/C29H39NO5/c1-25(2,32)23-21(31)24(33-6)28(5)19(34-23)11-12-26(3)27(4)15(14-20-29(26,28)35-20)13-17-16-9-7-8-10-18(16)30-22(17)27/h7-10,15,19-21,23-24,30-32H,11-14H2,1-6H3/t15-,19+,20+,21-,23+,24-,26-,27-,28-,29+/m1/s1. The van der Waals surface area contributed by atoms with E-state index in [0.29, 0.717) is 5.92 Å². The van der Waals surface area contributed by atoms with E-state index < -0.39 is 34.9 Å². The number of fused-ring (bicyclic) bond motifs is 7. The molecule has 10 atom stereocenters. The molecule has 3 N–H and O–H groups in total. The molecule has 2 aromatic rings. The van der Waals surface area contributed by atoms with Crippen LogP contribution in [-0.4, -0.2) is 64.0 Å². The number of benzene rings is 1. The molecule has 3 aliphatic carbocycles. The zero-order valence-electron chi connectivity index (χ0n) is 21.7. The molecule has 0 unspecified atom stereocenters. The predicted molar refractivity (Wildman–Crippen MR) is 132 cm³/mol. The molecular formula is C29H39NO5. The van der Waals surface area contributed by atoms with Gasteiger partial charge in [-0.1, -0.05) is 39.0 Å². The molecule has 3 heterocycles. The molecule has 0 radical (unpaired) electrons. The predicted octanol–water partition coefficient (Wildman–Crippen LogP) is 3.86. The first-order chi connectivity index (χ1) is 16.4. The average Bonchev–Trinajstić information content (AvgIpc) is 3.33. The van der Waals surface area contributed by atoms with Gasteiger partial charge in [0.05, 0.1) is 29.3 Å². The van der Waals surface area contributed by atoms with E-state index in [9.17, 15) is 10.2 Å². The number of aliphatic hydroxyl groups is 2. The first kappa shape index (κ1) is 22.7. The lowest BCUT2D eigenvalue weighted by molar-refractivity contribution is -0.317. The highest BCUT2D eigenvalue weighted by Crippen LogP contribution is 2.80. The van der Waals surface area contributed by atoms with E-state index in [1.807, 2.05) is 0 Å². The number of aromatic amines is 1. The number of epoxide rings is 1. The molecule has 6 heteroatoms. The summed E-state index contributed by atoms with van der Waals surface area (Å²) in [4.78, 5) is 3.85. The summed E-state index contributed by atoms with van der Waals surface area (Å²) in [6.07, 6.45) is 1.73. The van der Waals surface area contributed by atoms with Gasteiger partial charge >= 0.3 is 0 Å². The number of methoxy groups -OCH3 is 1. The minimum atomic E-state index is -1.17. The highest BCUT2D eigenvalue weighted by molar-refractivity contribution is 5.86. The maximum atomic E-state index is 11.5. The van der Waals surface area contributed by atoms with Gasteiger partial charge in [0.2, 0.25) is 0 Å². The molecule has 2 saturated heterocycles. The number of aliphatic hydroxyl groups excluding tert-OH is 1. The van der Waals surface area contributed by atoms with E-state index in [-0.39, 0.29) is 23.0 Å². The van der Waals surface area contributed by atoms with Crippen molar-refractivity contribution in [2.75, 3.05) is 7.11 Å². The molecular weight excluding hydrogens is 442 g/mol. The normalized spacial score (nSPS) is 50.2. The number of nitrogens with one attached hydrogen (secondary N) is 1. The molecule has 4 fully saturated rings. The monoisotopic (exact) mass is 481 g/mol. The van der Waals surface area contributed by atoms with Gasteiger partial charge in [0, 0.05) is 34.5 Å². The van der Waals surface area contributed by atoms with Crippen molar-refractivity contribution in [1.82, 2.24) is 4.98 Å². The molecule has 6 nitrogen and oxygen atoms in total. The number of hydrogen-bond donors (Lipinski definition) is 3. The summed E-state index contributed by atoms with van der Waals surface area (Å²) in [5.41, 5.74) is 1.65. The van der Waals surface area contributed by atoms with Gasteiger partial charge in [0.25, 0.3) is 0 Å². The van der Waals surface area contributed by atoms with Crippen molar-refractivity contribution in [3.05, 3.63) is 35.5 Å². The Balaban J connectivity index is 1.40. The maximum absolute atomic E-state index is 11.5. The lowest BCUT2D eigenvalue weighted by Gasteiger charge is -2.67. The van der Waals surface area contributed by atoms with Gasteiger partial charge in [0.1, 0.15) is 17.8 Å². The highest BCUT2D eigenvalue weighted by Gasteiger charge is 2.87. The first-order valence-corrected chi connectivity index (χ1v) is 13.3. The van der Waals surface area contributed by atoms with Crippen LogP contribution in [0.4, 0.5) is 0 Å². The molecule has 7 rings (SSSR count). The molecule has 35 heavy (non-hydrogen) atoms. The Labute approximate surface area is 207 Å². The van der Waals surface area contributed by atoms with Gasteiger partial charge < -0.3 is 29.4 Å². The van der Waals surface area contributed by atoms with Crippen molar-refractivity contribution in [1.29, 1.82) is 0 Å². The minimum Gasteiger partial charge on any atom is -0.388 e. The Morgan fingerprint density at radius 2 is 1.89 bits per heavy atom. The lowest BCUT2D eigenvalue weighted by atomic mass is 9.39. The minimum absolute atomic E-state index is 0.0846. The van der Waals surface area contributed by atoms with Crippen LogP contribution in [0.2, 0.25) is 0 Å². The van der Waals surface area contributed by atoms with Crippen LogP contribution in [0.25, 0.3) is 10.9 Å². The smallest absolute Gasteiger partial charge is 0.114 e. The number of aromatic nitrogens is 1. The number of rotatable bonds is 2. The number of H-pyrrole nitrogens is 1. The van der Waals surface area contributed by atoms with Crippen molar-refractivity contribution in [2.45, 2.75) is 107 Å². The van der Waals surface area contributed by atoms with Crippen molar-refractivity contribution in [3.8, 4) is 0 Å². The highest BCUT2D eigenvalue weighted by atomic mass is 16.6. The summed E-state index contributed by atoms with van der Waals surface area (Å²) < 4.78 is 19.6. The Morgan fingerprint density at radius 1 is 1.14 bits per heavy atom. The summed E-state index contributed by atoms with van der Waals surface area (Å²) in [5.74, 6) is 0.513. The van der Waals surface area contributed by atoms with E-state index in [1.165, 1.54) is 22.2 Å². The summed E-state index contributed by atoms with van der Waals surface area (Å²) in [5, 5.41) is 23.7. The van der Waals surface area contributed by atoms with Gasteiger partial charge in [0.15, 0.2) is 0 Å². The molecule has 2 saturated carbocycles. The van der Waals surface area contributed by atoms with E-state index in [0.717, 1.165) is 25.7 Å². The van der Waals surface area contributed by atoms with Gasteiger partial charge in [-0.3, -0.25) is 0 Å². The zero-order valence-corrected chi connectivity index (χ0v) is 21.7. The Bertz CT molecular complexity index is 1220. The van der Waals surface area contributed by atoms with Crippen LogP contribution in [0, 0.1) is 16.7 Å². The molecule has 1 aromatic heterocycles. The summed E-state index contributed by atoms with van der Waals surface area (Å²) >= 11 is 0. The molecule has 1 spiro atoms. The van der Waals surface area contributed by atoms with Gasteiger partial charge in [-0.25, -0.2) is 0 Å². The molecule has 1 aromatic carbocycles. The molecule has 0 amide bonds. The molecule has 0 bridgehead atoms. The molecule has 2 aliphatic heterocycles. The number of hydrogen-bond acceptors (Lipinski definition) is 5. The van der Waals surface area contributed by atoms with Gasteiger partial charge in [-0.05, 0) is 57.1 Å². The fraction of sp³-hybridized carbons (Fsp3) is 0.724. The lowest BCUT2D eigenvalue weighted by Crippen LogP contribution is -2.77. The Hall–Kier alpha value is -1.44. The van der Waals surface area contributed by atoms with E-state index in [4.69, 9.17) is 14.2 Å². The van der Waals surface area contributed by atoms with Crippen molar-refractivity contribution < 1.29 is 24.4 Å². The third-order valence-electron chi connectivity index (χ3n) is 11.6. The third-order valence-corrected chi connectivity index (χ3v) is 11.6. The van der Waals surface area contributed by atoms with Crippen LogP contribution < -0.4 is 0 Å². The van der Waals surface area contributed by atoms with E-state index in [1.54, 1.807) is 21.0 Å². The van der Waals surface area contributed by atoms with Crippen LogP contribution in [0.5, 0.6) is 0 Å². The Morgan fingerprint density at radius 3 is 2.60 bits per heavy atom. The fourth-order valence-corrected chi connectivity index (χ4v) is 9.91. The summed E-state index contributed by atoms with van der Waals surface area (Å²) in [6.45, 7) is 10.5. The second kappa shape index (κ2) is 6.51. The van der Waals surface area contributed by atoms with Crippen molar-refractivity contribution >= 4 is 10.9 Å². The van der Waals surface area contributed by atoms with Crippen molar-refractivity contribution in [3.63, 3.8) is 0 Å². The molecule has 5 aliphatic rings. The quantitative estimate of drug-likeness (QED) is 0.567. The number of ether oxygens (including phenoxy) is 3. The SMILES string of the molecule is CO[C@@H]1[C@H](O)[C@@H](C(C)(C)O)O[C@H]2CC[C@@]3(C)[C@]4(O[C@H]4C[C@H]4Cc5c([nH]c6ccccc56)[C@@]43C)[C@]21C. The third kappa shape index (κ3) is 2.28. The second-order valence-corrected chi connectivity index (χ2v) is 13.2. The maximum Gasteiger partial charge on any atom is 0.114 e. The first-order valence-electron chi connectivity index (χ1n) is 13.3. The zero-order chi connectivity index (χ0) is 24.8. The second-order valence-electron chi connectivity index (χ2n) is 13.2. The largest absolute Gasteiger partial charge is 0.388 e. The summed E-state index contributed by atoms with van der Waals surface area (Å²) in [7, 11) is 1.68. The molecule has 190 valence electrons. The fourth-order valence-electron chi connectivity index (χ4n) is 9.91.